The molecule has 1 atom stereocenters. The maximum Gasteiger partial charge on any atom is 0.227 e. The van der Waals surface area contributed by atoms with Crippen molar-refractivity contribution in [1.29, 1.82) is 0 Å². The maximum atomic E-state index is 12.5. The van der Waals surface area contributed by atoms with Crippen LogP contribution in [0.25, 0.3) is 0 Å². The van der Waals surface area contributed by atoms with E-state index in [-0.39, 0.29) is 17.2 Å². The number of hydrogen-bond donors (Lipinski definition) is 2. The van der Waals surface area contributed by atoms with Gasteiger partial charge in [-0.3, -0.25) is 9.59 Å². The zero-order chi connectivity index (χ0) is 15.3. The molecule has 1 aliphatic heterocycles. The summed E-state index contributed by atoms with van der Waals surface area (Å²) >= 11 is 0. The van der Waals surface area contributed by atoms with Gasteiger partial charge in [0, 0.05) is 33.2 Å². The van der Waals surface area contributed by atoms with E-state index in [0.717, 1.165) is 19.6 Å². The third-order valence-electron chi connectivity index (χ3n) is 5.25. The highest BCUT2D eigenvalue weighted by atomic mass is 16.5. The van der Waals surface area contributed by atoms with Crippen LogP contribution in [0.4, 0.5) is 0 Å². The van der Waals surface area contributed by atoms with Crippen molar-refractivity contribution in [3.8, 4) is 0 Å². The van der Waals surface area contributed by atoms with E-state index in [1.807, 2.05) is 6.92 Å². The Kier molecular flexibility index (Phi) is 5.25. The van der Waals surface area contributed by atoms with Crippen LogP contribution in [-0.4, -0.2) is 38.6 Å². The first-order valence-electron chi connectivity index (χ1n) is 8.04. The second-order valence-electron chi connectivity index (χ2n) is 6.97. The van der Waals surface area contributed by atoms with E-state index in [2.05, 4.69) is 10.6 Å². The van der Waals surface area contributed by atoms with Gasteiger partial charge in [-0.1, -0.05) is 12.8 Å². The number of rotatable bonds is 6. The lowest BCUT2D eigenvalue weighted by molar-refractivity contribution is -0.135. The maximum absolute atomic E-state index is 12.5. The number of piperidine rings is 1. The summed E-state index contributed by atoms with van der Waals surface area (Å²) < 4.78 is 5.22. The number of hydrogen-bond acceptors (Lipinski definition) is 3. The second-order valence-corrected chi connectivity index (χ2v) is 6.97. The van der Waals surface area contributed by atoms with Crippen molar-refractivity contribution in [2.24, 2.45) is 10.8 Å². The van der Waals surface area contributed by atoms with E-state index in [1.165, 1.54) is 25.7 Å². The molecule has 0 aromatic carbocycles. The van der Waals surface area contributed by atoms with Crippen LogP contribution in [0.15, 0.2) is 0 Å². The zero-order valence-corrected chi connectivity index (χ0v) is 13.3. The minimum absolute atomic E-state index is 0.0487. The highest BCUT2D eigenvalue weighted by molar-refractivity contribution is 5.86. The fourth-order valence-electron chi connectivity index (χ4n) is 3.49. The molecule has 0 spiro atoms. The second kappa shape index (κ2) is 6.77. The molecule has 2 rings (SSSR count). The molecule has 21 heavy (non-hydrogen) atoms. The van der Waals surface area contributed by atoms with Gasteiger partial charge in [0.15, 0.2) is 0 Å². The number of ether oxygens (including phenoxy) is 1. The Morgan fingerprint density at radius 1 is 1.33 bits per heavy atom. The molecule has 1 saturated heterocycles. The predicted molar refractivity (Wildman–Crippen MR) is 80.8 cm³/mol. The molecule has 1 heterocycles. The molecule has 1 saturated carbocycles. The number of carbonyl (C=O) groups excluding carboxylic acids is 2. The molecule has 120 valence electrons. The predicted octanol–water partition coefficient (Wildman–Crippen LogP) is 1.62. The smallest absolute Gasteiger partial charge is 0.227 e. The molecule has 0 aromatic rings. The molecule has 0 bridgehead atoms. The van der Waals surface area contributed by atoms with E-state index >= 15 is 0 Å². The Morgan fingerprint density at radius 2 is 2.05 bits per heavy atom. The van der Waals surface area contributed by atoms with Gasteiger partial charge in [0.1, 0.15) is 0 Å². The van der Waals surface area contributed by atoms with Crippen molar-refractivity contribution in [3.05, 3.63) is 0 Å². The molecular formula is C16H28N2O3. The van der Waals surface area contributed by atoms with Crippen molar-refractivity contribution in [1.82, 2.24) is 10.6 Å². The summed E-state index contributed by atoms with van der Waals surface area (Å²) in [4.78, 5) is 23.8. The van der Waals surface area contributed by atoms with Gasteiger partial charge < -0.3 is 15.4 Å². The van der Waals surface area contributed by atoms with E-state index in [1.54, 1.807) is 7.11 Å². The number of nitrogens with one attached hydrogen (secondary N) is 2. The Balaban J connectivity index is 1.88. The molecule has 0 radical (unpaired) electrons. The third-order valence-corrected chi connectivity index (χ3v) is 5.25. The Hall–Kier alpha value is -1.10. The Morgan fingerprint density at radius 3 is 2.62 bits per heavy atom. The lowest BCUT2D eigenvalue weighted by Crippen LogP contribution is -2.52. The molecule has 2 fully saturated rings. The van der Waals surface area contributed by atoms with Gasteiger partial charge in [0.25, 0.3) is 0 Å². The van der Waals surface area contributed by atoms with Crippen LogP contribution < -0.4 is 10.6 Å². The summed E-state index contributed by atoms with van der Waals surface area (Å²) in [6, 6.07) is 0. The number of carbonyl (C=O) groups is 2. The lowest BCUT2D eigenvalue weighted by Gasteiger charge is -2.35. The van der Waals surface area contributed by atoms with Crippen molar-refractivity contribution in [2.75, 3.05) is 26.8 Å². The first-order valence-corrected chi connectivity index (χ1v) is 8.04. The van der Waals surface area contributed by atoms with Crippen LogP contribution >= 0.6 is 0 Å². The van der Waals surface area contributed by atoms with Gasteiger partial charge in [0.05, 0.1) is 5.41 Å². The van der Waals surface area contributed by atoms with Crippen LogP contribution in [0.2, 0.25) is 0 Å². The Labute approximate surface area is 127 Å². The molecule has 1 aliphatic carbocycles. The number of amides is 2. The minimum Gasteiger partial charge on any atom is -0.385 e. The molecule has 5 heteroatoms. The summed E-state index contributed by atoms with van der Waals surface area (Å²) in [5.74, 6) is 0.124. The Bertz CT molecular complexity index is 379. The monoisotopic (exact) mass is 296 g/mol. The molecule has 5 nitrogen and oxygen atoms in total. The minimum atomic E-state index is -0.463. The summed E-state index contributed by atoms with van der Waals surface area (Å²) in [5, 5.41) is 5.96. The van der Waals surface area contributed by atoms with Crippen LogP contribution in [0.1, 0.15) is 51.9 Å². The van der Waals surface area contributed by atoms with Gasteiger partial charge in [-0.25, -0.2) is 0 Å². The highest BCUT2D eigenvalue weighted by Crippen LogP contribution is 2.40. The molecule has 0 aromatic heterocycles. The van der Waals surface area contributed by atoms with E-state index in [9.17, 15) is 9.59 Å². The topological polar surface area (TPSA) is 67.4 Å². The van der Waals surface area contributed by atoms with Crippen molar-refractivity contribution < 1.29 is 14.3 Å². The normalized spacial score (nSPS) is 28.2. The van der Waals surface area contributed by atoms with Gasteiger partial charge in [-0.2, -0.15) is 0 Å². The third kappa shape index (κ3) is 3.96. The van der Waals surface area contributed by atoms with E-state index in [4.69, 9.17) is 4.74 Å². The van der Waals surface area contributed by atoms with Gasteiger partial charge in [-0.05, 0) is 38.0 Å². The van der Waals surface area contributed by atoms with Gasteiger partial charge in [0.2, 0.25) is 11.8 Å². The average molecular weight is 296 g/mol. The van der Waals surface area contributed by atoms with E-state index in [0.29, 0.717) is 19.4 Å². The quantitative estimate of drug-likeness (QED) is 0.782. The van der Waals surface area contributed by atoms with Crippen molar-refractivity contribution in [3.63, 3.8) is 0 Å². The zero-order valence-electron chi connectivity index (χ0n) is 13.3. The first kappa shape index (κ1) is 16.3. The van der Waals surface area contributed by atoms with Crippen LogP contribution in [0.5, 0.6) is 0 Å². The average Bonchev–Trinajstić information content (AvgIpc) is 2.95. The van der Waals surface area contributed by atoms with E-state index < -0.39 is 5.41 Å². The largest absolute Gasteiger partial charge is 0.385 e. The summed E-state index contributed by atoms with van der Waals surface area (Å²) in [5.41, 5.74) is -0.255. The fourth-order valence-corrected chi connectivity index (χ4v) is 3.49. The van der Waals surface area contributed by atoms with Crippen LogP contribution in [0, 0.1) is 10.8 Å². The SMILES string of the molecule is COCCC1(CNC(=O)[C@@]2(C)CCC(=O)NC2)CCCC1. The summed E-state index contributed by atoms with van der Waals surface area (Å²) in [7, 11) is 1.73. The van der Waals surface area contributed by atoms with Gasteiger partial charge >= 0.3 is 0 Å². The van der Waals surface area contributed by atoms with Gasteiger partial charge in [-0.15, -0.1) is 0 Å². The molecule has 0 unspecified atom stereocenters. The summed E-state index contributed by atoms with van der Waals surface area (Å²) in [6.45, 7) is 3.88. The van der Waals surface area contributed by atoms with Crippen LogP contribution in [-0.2, 0) is 14.3 Å². The van der Waals surface area contributed by atoms with Crippen LogP contribution in [0.3, 0.4) is 0 Å². The number of methoxy groups -OCH3 is 1. The highest BCUT2D eigenvalue weighted by Gasteiger charge is 2.39. The fraction of sp³-hybridized carbons (Fsp3) is 0.875. The van der Waals surface area contributed by atoms with Crippen molar-refractivity contribution >= 4 is 11.8 Å². The summed E-state index contributed by atoms with van der Waals surface area (Å²) in [6.07, 6.45) is 6.92. The van der Waals surface area contributed by atoms with Crippen molar-refractivity contribution in [2.45, 2.75) is 51.9 Å². The standard InChI is InChI=1S/C16H28N2O3/c1-15(8-5-13(19)17-11-15)14(20)18-12-16(9-10-21-2)6-3-4-7-16/h3-12H2,1-2H3,(H,17,19)(H,18,20)/t15-/m0/s1. The first-order chi connectivity index (χ1) is 10.00. The lowest BCUT2D eigenvalue weighted by atomic mass is 9.80. The molecule has 2 N–H and O–H groups in total. The molecule has 2 aliphatic rings. The molecule has 2 amide bonds. The molecular weight excluding hydrogens is 268 g/mol.